The number of ketones is 1. The number of aryl methyl sites for hydroxylation is 1. The molecule has 1 aromatic heterocycles. The molecule has 0 spiro atoms. The molecule has 100 heavy (non-hydrogen) atoms. The molecule has 0 bridgehead atoms. The third-order valence-electron chi connectivity index (χ3n) is 19.2. The molecule has 0 saturated carbocycles. The predicted molar refractivity (Wildman–Crippen MR) is 396 cm³/mol. The fraction of sp³-hybridized carbons (Fsp3) is 0.513. The normalized spacial score (nSPS) is 17.3. The van der Waals surface area contributed by atoms with Crippen molar-refractivity contribution >= 4 is 60.3 Å². The van der Waals surface area contributed by atoms with E-state index in [-0.39, 0.29) is 39.4 Å². The summed E-state index contributed by atoms with van der Waals surface area (Å²) in [5.41, 5.74) is 16.4. The summed E-state index contributed by atoms with van der Waals surface area (Å²) in [4.78, 5) is 30.1. The van der Waals surface area contributed by atoms with Crippen LogP contribution >= 0.6 is 0 Å². The van der Waals surface area contributed by atoms with Gasteiger partial charge in [0.15, 0.2) is 11.5 Å². The Bertz CT molecular complexity index is 4050. The number of carbonyl (C=O) groups excluding carboxylic acids is 2. The van der Waals surface area contributed by atoms with Crippen molar-refractivity contribution in [1.29, 1.82) is 0 Å². The van der Waals surface area contributed by atoms with E-state index in [0.29, 0.717) is 148 Å². The van der Waals surface area contributed by atoms with Crippen LogP contribution in [0.4, 0.5) is 17.1 Å². The maximum atomic E-state index is 13.2. The van der Waals surface area contributed by atoms with E-state index in [1.54, 1.807) is 19.0 Å². The van der Waals surface area contributed by atoms with Gasteiger partial charge in [-0.1, -0.05) is 101 Å². The van der Waals surface area contributed by atoms with Crippen molar-refractivity contribution in [3.63, 3.8) is 0 Å². The van der Waals surface area contributed by atoms with E-state index in [9.17, 15) is 35.5 Å². The van der Waals surface area contributed by atoms with Gasteiger partial charge in [0, 0.05) is 100.0 Å². The maximum absolute atomic E-state index is 13.2. The SMILES string of the molecule is Cc1nn(-c2ccc(C(=O)N(C)C)c(NCCCOCCOCCOCCOCCOCCCNCc3ccc(C4=C(/C=C/C5=[N+](CCCCS(=O)(=O)O)c6ccccc6C5(C)C)CCC/C4=C\C=C4\N(CCCCS(=O)(=O)O)c5ccccc5C4(C)C)cc3)c2)c2c1C(=O)CC(C)(C)C2. The van der Waals surface area contributed by atoms with E-state index >= 15 is 0 Å². The Morgan fingerprint density at radius 2 is 1.29 bits per heavy atom. The Morgan fingerprint density at radius 1 is 0.680 bits per heavy atom. The van der Waals surface area contributed by atoms with Crippen molar-refractivity contribution in [3.8, 4) is 5.69 Å². The van der Waals surface area contributed by atoms with E-state index < -0.39 is 20.2 Å². The standard InChI is InChI=1S/C78H105N7O13S2/c1-57-73-69(54-76(2,3)55-70(73)86)85(81-57)62-33-34-63(75(87)82(8)9)66(53-62)80-38-20-42-95-44-46-97-48-50-98-49-47-96-45-43-94-41-19-37-79-56-58-27-29-61(30-28-58)74-59(31-35-71-77(4,5)64-23-10-12-25-67(64)83(71)39-14-16-51-99(88,89)90)21-18-22-60(74)32-36-72-78(6,7)65-24-11-13-26-68(65)84(72)40-15-17-52-100(91,92)93/h10-13,23-36,53,79H,14-22,37-52,54-56H2,1-9H3,(H2-,80,87,88,89,90,91,92,93)/p+1. The zero-order valence-corrected chi connectivity index (χ0v) is 61.8. The lowest BCUT2D eigenvalue weighted by Gasteiger charge is -2.29. The van der Waals surface area contributed by atoms with Gasteiger partial charge in [-0.05, 0) is 154 Å². The quantitative estimate of drug-likeness (QED) is 0.0162. The van der Waals surface area contributed by atoms with Crippen molar-refractivity contribution in [2.24, 2.45) is 5.41 Å². The number of Topliss-reactive ketones (excluding diaryl/α,β-unsaturated/α-hetero) is 1. The summed E-state index contributed by atoms with van der Waals surface area (Å²) in [7, 11) is -4.67. The number of fused-ring (bicyclic) bond motifs is 3. The molecule has 0 atom stereocenters. The molecule has 542 valence electrons. The number of benzene rings is 4. The summed E-state index contributed by atoms with van der Waals surface area (Å²) < 4.78 is 98.7. The lowest BCUT2D eigenvalue weighted by atomic mass is 9.75. The van der Waals surface area contributed by atoms with Crippen LogP contribution in [0.3, 0.4) is 0 Å². The molecule has 9 rings (SSSR count). The minimum absolute atomic E-state index is 0.109. The number of anilines is 2. The molecular weight excluding hydrogens is 1310 g/mol. The van der Waals surface area contributed by atoms with Crippen LogP contribution in [-0.4, -0.2) is 180 Å². The molecule has 1 amide bonds. The van der Waals surface area contributed by atoms with Crippen LogP contribution in [0.15, 0.2) is 132 Å². The average molecular weight is 1410 g/mol. The number of ether oxygens (including phenoxy) is 5. The molecular formula is C78H106N7O13S2+. The molecule has 4 aliphatic rings. The molecule has 20 nitrogen and oxygen atoms in total. The Hall–Kier alpha value is -6.96. The van der Waals surface area contributed by atoms with Crippen LogP contribution in [0.25, 0.3) is 11.3 Å². The van der Waals surface area contributed by atoms with Crippen LogP contribution in [0, 0.1) is 12.3 Å². The summed E-state index contributed by atoms with van der Waals surface area (Å²) >= 11 is 0. The molecule has 0 unspecified atom stereocenters. The highest BCUT2D eigenvalue weighted by Gasteiger charge is 2.44. The van der Waals surface area contributed by atoms with Crippen molar-refractivity contribution < 1.29 is 63.8 Å². The Kier molecular flexibility index (Phi) is 27.2. The average Bonchev–Trinajstić information content (AvgIpc) is 1.60. The molecule has 3 heterocycles. The molecule has 4 N–H and O–H groups in total. The molecule has 0 radical (unpaired) electrons. The topological polar surface area (TPSA) is 240 Å². The number of rotatable bonds is 39. The van der Waals surface area contributed by atoms with Crippen molar-refractivity contribution in [2.75, 3.05) is 128 Å². The molecule has 0 saturated heterocycles. The third-order valence-corrected chi connectivity index (χ3v) is 20.8. The van der Waals surface area contributed by atoms with Gasteiger partial charge >= 0.3 is 0 Å². The minimum Gasteiger partial charge on any atom is -0.384 e. The number of carbonyl (C=O) groups is 2. The lowest BCUT2D eigenvalue weighted by Crippen LogP contribution is -2.28. The summed E-state index contributed by atoms with van der Waals surface area (Å²) in [6.07, 6.45) is 16.5. The van der Waals surface area contributed by atoms with Crippen molar-refractivity contribution in [1.82, 2.24) is 20.0 Å². The number of para-hydroxylation sites is 2. The van der Waals surface area contributed by atoms with Gasteiger partial charge in [-0.15, -0.1) is 0 Å². The van der Waals surface area contributed by atoms with E-state index in [0.717, 1.165) is 84.1 Å². The van der Waals surface area contributed by atoms with E-state index in [1.807, 2.05) is 41.9 Å². The molecule has 22 heteroatoms. The van der Waals surface area contributed by atoms with Gasteiger partial charge in [-0.2, -0.15) is 26.5 Å². The fourth-order valence-corrected chi connectivity index (χ4v) is 15.3. The highest BCUT2D eigenvalue weighted by molar-refractivity contribution is 7.86. The Morgan fingerprint density at radius 3 is 1.94 bits per heavy atom. The highest BCUT2D eigenvalue weighted by Crippen LogP contribution is 2.49. The number of hydrogen-bond donors (Lipinski definition) is 4. The van der Waals surface area contributed by atoms with Crippen LogP contribution in [0.1, 0.15) is 160 Å². The monoisotopic (exact) mass is 1410 g/mol. The first-order valence-electron chi connectivity index (χ1n) is 35.5. The first kappa shape index (κ1) is 77.2. The van der Waals surface area contributed by atoms with Gasteiger partial charge in [0.1, 0.15) is 6.54 Å². The van der Waals surface area contributed by atoms with Gasteiger partial charge in [0.05, 0.1) is 98.0 Å². The predicted octanol–water partition coefficient (Wildman–Crippen LogP) is 12.6. The van der Waals surface area contributed by atoms with Crippen LogP contribution in [-0.2, 0) is 67.7 Å². The molecule has 2 aliphatic carbocycles. The Balaban J connectivity index is 0.703. The van der Waals surface area contributed by atoms with Gasteiger partial charge in [-0.3, -0.25) is 18.7 Å². The second-order valence-electron chi connectivity index (χ2n) is 28.5. The maximum Gasteiger partial charge on any atom is 0.264 e. The van der Waals surface area contributed by atoms with E-state index in [1.165, 1.54) is 33.4 Å². The van der Waals surface area contributed by atoms with Gasteiger partial charge < -0.3 is 44.1 Å². The second kappa shape index (κ2) is 35.3. The Labute approximate surface area is 593 Å². The number of aromatic nitrogens is 2. The van der Waals surface area contributed by atoms with Crippen LogP contribution < -0.4 is 15.5 Å². The number of nitrogens with zero attached hydrogens (tertiary/aromatic N) is 5. The minimum atomic E-state index is -4.07. The van der Waals surface area contributed by atoms with Crippen molar-refractivity contribution in [3.05, 3.63) is 177 Å². The largest absolute Gasteiger partial charge is 0.384 e. The number of hydrogen-bond acceptors (Lipinski definition) is 15. The van der Waals surface area contributed by atoms with Gasteiger partial charge in [0.2, 0.25) is 5.69 Å². The van der Waals surface area contributed by atoms with Gasteiger partial charge in [-0.25, -0.2) is 4.68 Å². The first-order chi connectivity index (χ1) is 47.7. The third kappa shape index (κ3) is 20.7. The van der Waals surface area contributed by atoms with Crippen molar-refractivity contribution in [2.45, 2.75) is 136 Å². The van der Waals surface area contributed by atoms with Gasteiger partial charge in [0.25, 0.3) is 26.1 Å². The second-order valence-corrected chi connectivity index (χ2v) is 31.7. The molecule has 2 aliphatic heterocycles. The number of unbranched alkanes of at least 4 members (excludes halogenated alkanes) is 2. The fourth-order valence-electron chi connectivity index (χ4n) is 14.2. The van der Waals surface area contributed by atoms with E-state index in [4.69, 9.17) is 28.8 Å². The molecule has 5 aromatic rings. The van der Waals surface area contributed by atoms with E-state index in [2.05, 4.69) is 147 Å². The highest BCUT2D eigenvalue weighted by atomic mass is 32.2. The summed E-state index contributed by atoms with van der Waals surface area (Å²) in [6, 6.07) is 31.3. The summed E-state index contributed by atoms with van der Waals surface area (Å²) in [5, 5.41) is 11.8. The van der Waals surface area contributed by atoms with Crippen LogP contribution in [0.2, 0.25) is 0 Å². The molecule has 0 fully saturated rings. The lowest BCUT2D eigenvalue weighted by molar-refractivity contribution is -0.438. The zero-order chi connectivity index (χ0) is 71.7. The summed E-state index contributed by atoms with van der Waals surface area (Å²) in [5.74, 6) is -0.536. The smallest absolute Gasteiger partial charge is 0.264 e. The van der Waals surface area contributed by atoms with Crippen LogP contribution in [0.5, 0.6) is 0 Å². The molecule has 4 aromatic carbocycles. The number of allylic oxidation sites excluding steroid dienone is 8. The summed E-state index contributed by atoms with van der Waals surface area (Å²) in [6.45, 7) is 23.1. The first-order valence-corrected chi connectivity index (χ1v) is 38.7. The number of amides is 1. The number of nitrogens with one attached hydrogen (secondary N) is 2. The zero-order valence-electron chi connectivity index (χ0n) is 60.2.